The van der Waals surface area contributed by atoms with Gasteiger partial charge in [0.25, 0.3) is 0 Å². The Morgan fingerprint density at radius 1 is 0.716 bits per heavy atom. The standard InChI is InChI=1S/C22H34FN3O7S.C21H32FN3O7S/c1-22(2,3)33-21(28)25-13-17(12-23)15-32-19-6-5-18(14-24-19)34(29,30)26-9-7-16(8-10-26)11-20(27)31-4;1-21(2,3)32-20(28)24-12-16(11-22)14-31-18-5-4-17(13-23-18)33(29,30)25-8-6-15(7-9-25)10-19(26)27/h5-6,12,14,16,21,25,28H,7-11,13,15H2,1-4H3;4-5,11,13,15,20,24,28H,6-10,12,14H2,1-3H3,(H,26,27). The summed E-state index contributed by atoms with van der Waals surface area (Å²) in [7, 11) is -6.15. The number of carboxylic acids is 1. The normalized spacial score (nSPS) is 17.5. The van der Waals surface area contributed by atoms with E-state index in [1.807, 2.05) is 0 Å². The van der Waals surface area contributed by atoms with Crippen molar-refractivity contribution in [3.8, 4) is 11.8 Å². The molecule has 2 aromatic heterocycles. The van der Waals surface area contributed by atoms with Gasteiger partial charge in [0.1, 0.15) is 23.0 Å². The highest BCUT2D eigenvalue weighted by atomic mass is 32.2. The van der Waals surface area contributed by atoms with Crippen LogP contribution in [0, 0.1) is 11.8 Å². The molecule has 0 aliphatic carbocycles. The second-order valence-corrected chi connectivity index (χ2v) is 21.7. The van der Waals surface area contributed by atoms with E-state index in [2.05, 4.69) is 25.3 Å². The maximum Gasteiger partial charge on any atom is 0.305 e. The van der Waals surface area contributed by atoms with Crippen molar-refractivity contribution in [3.63, 3.8) is 0 Å². The summed E-state index contributed by atoms with van der Waals surface area (Å²) in [5, 5.41) is 33.7. The third-order valence-corrected chi connectivity index (χ3v) is 13.8. The number of carboxylic acid groups (broad SMARTS) is 1. The number of hydrogen-bond acceptors (Lipinski definition) is 17. The molecule has 0 amide bonds. The molecule has 2 unspecified atom stereocenters. The predicted octanol–water partition coefficient (Wildman–Crippen LogP) is 3.83. The van der Waals surface area contributed by atoms with Crippen LogP contribution in [0.3, 0.4) is 0 Å². The average molecular weight is 993 g/mol. The number of rotatable bonds is 22. The fourth-order valence-corrected chi connectivity index (χ4v) is 9.38. The summed E-state index contributed by atoms with van der Waals surface area (Å²) in [5.74, 6) is -0.872. The van der Waals surface area contributed by atoms with E-state index in [1.54, 1.807) is 41.5 Å². The first-order chi connectivity index (χ1) is 31.3. The topological polar surface area (TPSA) is 266 Å². The van der Waals surface area contributed by atoms with Gasteiger partial charge in [0.2, 0.25) is 44.6 Å². The van der Waals surface area contributed by atoms with Crippen LogP contribution in [-0.4, -0.2) is 146 Å². The largest absolute Gasteiger partial charge is 0.481 e. The molecule has 0 radical (unpaired) electrons. The second kappa shape index (κ2) is 26.5. The molecule has 67 heavy (non-hydrogen) atoms. The van der Waals surface area contributed by atoms with Gasteiger partial charge in [-0.05, 0) is 91.2 Å². The molecule has 0 spiro atoms. The van der Waals surface area contributed by atoms with Crippen LogP contribution in [0.5, 0.6) is 11.8 Å². The summed E-state index contributed by atoms with van der Waals surface area (Å²) in [5.41, 5.74) is -0.768. The Hall–Kier alpha value is -4.24. The molecule has 2 atom stereocenters. The summed E-state index contributed by atoms with van der Waals surface area (Å²) in [6.45, 7) is 11.4. The van der Waals surface area contributed by atoms with E-state index in [4.69, 9.17) is 24.1 Å². The molecule has 0 bridgehead atoms. The average Bonchev–Trinajstić information content (AvgIpc) is 3.26. The molecule has 0 aromatic carbocycles. The number of aromatic nitrogens is 2. The number of aliphatic carboxylic acids is 1. The maximum atomic E-state index is 13.2. The Morgan fingerprint density at radius 3 is 1.39 bits per heavy atom. The molecule has 2 fully saturated rings. The number of nitrogens with zero attached hydrogens (tertiary/aromatic N) is 4. The van der Waals surface area contributed by atoms with Gasteiger partial charge in [-0.25, -0.2) is 35.6 Å². The van der Waals surface area contributed by atoms with Gasteiger partial charge in [-0.2, -0.15) is 8.61 Å². The number of sulfonamides is 2. The van der Waals surface area contributed by atoms with Crippen LogP contribution in [0.2, 0.25) is 0 Å². The number of ether oxygens (including phenoxy) is 5. The van der Waals surface area contributed by atoms with E-state index in [9.17, 15) is 45.4 Å². The fraction of sp³-hybridized carbons (Fsp3) is 0.628. The minimum absolute atomic E-state index is 0.00286. The molecule has 0 saturated carbocycles. The first-order valence-corrected chi connectivity index (χ1v) is 24.4. The van der Waals surface area contributed by atoms with E-state index in [-0.39, 0.29) is 103 Å². The summed E-state index contributed by atoms with van der Waals surface area (Å²) < 4.78 is 106. The molecule has 2 aromatic rings. The van der Waals surface area contributed by atoms with Gasteiger partial charge in [0.15, 0.2) is 0 Å². The number of carbonyl (C=O) groups excluding carboxylic acids is 1. The van der Waals surface area contributed by atoms with Crippen LogP contribution in [0.25, 0.3) is 0 Å². The number of esters is 1. The summed E-state index contributed by atoms with van der Waals surface area (Å²) in [6.07, 6.45) is 2.97. The van der Waals surface area contributed by atoms with Gasteiger partial charge in [0, 0.05) is 75.4 Å². The zero-order valence-electron chi connectivity index (χ0n) is 39.0. The van der Waals surface area contributed by atoms with Gasteiger partial charge in [-0.3, -0.25) is 20.2 Å². The number of halogens is 2. The van der Waals surface area contributed by atoms with Crippen LogP contribution in [0.4, 0.5) is 8.78 Å². The Balaban J connectivity index is 0.000000355. The van der Waals surface area contributed by atoms with Crippen molar-refractivity contribution in [2.45, 2.75) is 114 Å². The van der Waals surface area contributed by atoms with Gasteiger partial charge < -0.3 is 39.0 Å². The third-order valence-electron chi connectivity index (χ3n) is 10.0. The zero-order chi connectivity index (χ0) is 50.0. The van der Waals surface area contributed by atoms with Gasteiger partial charge >= 0.3 is 11.9 Å². The van der Waals surface area contributed by atoms with Crippen LogP contribution in [0.15, 0.2) is 70.3 Å². The lowest BCUT2D eigenvalue weighted by atomic mass is 9.95. The molecule has 24 heteroatoms. The molecule has 378 valence electrons. The lowest BCUT2D eigenvalue weighted by Gasteiger charge is -2.30. The predicted molar refractivity (Wildman–Crippen MR) is 239 cm³/mol. The first-order valence-electron chi connectivity index (χ1n) is 21.6. The SMILES string of the molecule is CC(C)(C)OC(O)NCC(=CF)COc1ccc(S(=O)(=O)N2CCC(CC(=O)O)CC2)cn1.COC(=O)CC1CCN(S(=O)(=O)c2ccc(OCC(=CF)CNC(O)OC(C)(C)C)nc2)CC1. The lowest BCUT2D eigenvalue weighted by Crippen LogP contribution is -2.39. The Kier molecular flexibility index (Phi) is 22.6. The minimum Gasteiger partial charge on any atom is -0.481 e. The number of hydrogen-bond donors (Lipinski definition) is 5. The monoisotopic (exact) mass is 992 g/mol. The van der Waals surface area contributed by atoms with E-state index < -0.39 is 50.0 Å². The fourth-order valence-electron chi connectivity index (χ4n) is 6.55. The van der Waals surface area contributed by atoms with Crippen molar-refractivity contribution in [1.82, 2.24) is 29.2 Å². The number of aliphatic hydroxyl groups excluding tert-OH is 2. The number of aliphatic hydroxyl groups is 2. The zero-order valence-corrected chi connectivity index (χ0v) is 40.7. The first kappa shape index (κ1) is 57.1. The Labute approximate surface area is 391 Å². The molecule has 2 aliphatic heterocycles. The summed E-state index contributed by atoms with van der Waals surface area (Å²) in [4.78, 5) is 30.3. The Morgan fingerprint density at radius 2 is 1.09 bits per heavy atom. The smallest absolute Gasteiger partial charge is 0.305 e. The van der Waals surface area contributed by atoms with Crippen molar-refractivity contribution >= 4 is 32.0 Å². The van der Waals surface area contributed by atoms with E-state index >= 15 is 0 Å². The molecular formula is C43H66F2N6O14S2. The van der Waals surface area contributed by atoms with Crippen molar-refractivity contribution in [2.75, 3.05) is 59.6 Å². The summed E-state index contributed by atoms with van der Waals surface area (Å²) in [6, 6.07) is 5.53. The van der Waals surface area contributed by atoms with Crippen molar-refractivity contribution in [3.05, 3.63) is 60.5 Å². The number of pyridine rings is 2. The van der Waals surface area contributed by atoms with Gasteiger partial charge in [-0.1, -0.05) is 0 Å². The van der Waals surface area contributed by atoms with Crippen LogP contribution >= 0.6 is 0 Å². The number of methoxy groups -OCH3 is 1. The number of piperidine rings is 2. The number of nitrogens with one attached hydrogen (secondary N) is 2. The molecule has 2 saturated heterocycles. The summed E-state index contributed by atoms with van der Waals surface area (Å²) >= 11 is 0. The molecule has 4 rings (SSSR count). The van der Waals surface area contributed by atoms with Crippen LogP contribution in [-0.2, 0) is 43.8 Å². The van der Waals surface area contributed by atoms with E-state index in [1.165, 1.54) is 52.4 Å². The highest BCUT2D eigenvalue weighted by molar-refractivity contribution is 7.89. The van der Waals surface area contributed by atoms with E-state index in [0.717, 1.165) is 0 Å². The van der Waals surface area contributed by atoms with Gasteiger partial charge in [-0.15, -0.1) is 0 Å². The van der Waals surface area contributed by atoms with Crippen molar-refractivity contribution in [2.24, 2.45) is 11.8 Å². The van der Waals surface area contributed by atoms with Crippen LogP contribution in [0.1, 0.15) is 80.1 Å². The molecule has 4 heterocycles. The maximum absolute atomic E-state index is 13.2. The molecule has 2 aliphatic rings. The molecule has 20 nitrogen and oxygen atoms in total. The molecular weight excluding hydrogens is 927 g/mol. The molecule has 5 N–H and O–H groups in total. The van der Waals surface area contributed by atoms with Gasteiger partial charge in [0.05, 0.1) is 43.4 Å². The van der Waals surface area contributed by atoms with Crippen LogP contribution < -0.4 is 20.1 Å². The highest BCUT2D eigenvalue weighted by Gasteiger charge is 2.32. The van der Waals surface area contributed by atoms with Crippen molar-refractivity contribution < 1.29 is 74.2 Å². The highest BCUT2D eigenvalue weighted by Crippen LogP contribution is 2.28. The number of carbonyl (C=O) groups is 2. The third kappa shape index (κ3) is 20.5. The second-order valence-electron chi connectivity index (χ2n) is 17.8. The quantitative estimate of drug-likeness (QED) is 0.0829. The van der Waals surface area contributed by atoms with E-state index in [0.29, 0.717) is 51.4 Å². The lowest BCUT2D eigenvalue weighted by molar-refractivity contribution is -0.181. The van der Waals surface area contributed by atoms with Crippen molar-refractivity contribution in [1.29, 1.82) is 0 Å². The minimum atomic E-state index is -3.76. The Bertz CT molecular complexity index is 2140.